The molecule has 0 spiro atoms. The van der Waals surface area contributed by atoms with Crippen molar-refractivity contribution >= 4 is 26.9 Å². The molecule has 1 N–H and O–H groups in total. The first kappa shape index (κ1) is 18.5. The van der Waals surface area contributed by atoms with Gasteiger partial charge in [-0.1, -0.05) is 0 Å². The molecule has 0 unspecified atom stereocenters. The molecule has 2 aromatic carbocycles. The smallest absolute Gasteiger partial charge is 0.293 e. The summed E-state index contributed by atoms with van der Waals surface area (Å²) in [6.07, 6.45) is 0.997. The van der Waals surface area contributed by atoms with Crippen LogP contribution in [-0.4, -0.2) is 33.3 Å². The maximum absolute atomic E-state index is 11.6. The van der Waals surface area contributed by atoms with Gasteiger partial charge in [-0.15, -0.1) is 0 Å². The Morgan fingerprint density at radius 1 is 1.16 bits per heavy atom. The Labute approximate surface area is 145 Å². The van der Waals surface area contributed by atoms with Crippen molar-refractivity contribution in [2.24, 2.45) is 0 Å². The first-order chi connectivity index (χ1) is 11.8. The molecule has 8 nitrogen and oxygen atoms in total. The third-order valence-corrected chi connectivity index (χ3v) is 4.45. The first-order valence-corrected chi connectivity index (χ1v) is 9.21. The Kier molecular flexibility index (Phi) is 5.48. The van der Waals surface area contributed by atoms with Crippen LogP contribution in [0.3, 0.4) is 0 Å². The van der Waals surface area contributed by atoms with Crippen LogP contribution in [0.1, 0.15) is 6.92 Å². The maximum Gasteiger partial charge on any atom is 0.293 e. The molecule has 0 amide bonds. The summed E-state index contributed by atoms with van der Waals surface area (Å²) in [5.41, 5.74) is 0.370. The Morgan fingerprint density at radius 3 is 2.44 bits per heavy atom. The zero-order chi connectivity index (χ0) is 18.6. The number of rotatable bonds is 7. The van der Waals surface area contributed by atoms with Gasteiger partial charge in [0.05, 0.1) is 23.5 Å². The molecule has 0 atom stereocenters. The molecule has 0 bridgehead atoms. The van der Waals surface area contributed by atoms with E-state index in [-0.39, 0.29) is 16.3 Å². The lowest BCUT2D eigenvalue weighted by atomic mass is 10.2. The van der Waals surface area contributed by atoms with Crippen molar-refractivity contribution in [1.82, 2.24) is 0 Å². The second-order valence-corrected chi connectivity index (χ2v) is 7.15. The second kappa shape index (κ2) is 7.39. The number of nitrogens with zero attached hydrogens (tertiary/aromatic N) is 1. The summed E-state index contributed by atoms with van der Waals surface area (Å²) in [6, 6.07) is 8.71. The van der Waals surface area contributed by atoms with E-state index in [4.69, 9.17) is 9.47 Å². The van der Waals surface area contributed by atoms with Crippen molar-refractivity contribution < 1.29 is 22.8 Å². The normalized spacial score (nSPS) is 11.0. The molecular weight excluding hydrogens is 348 g/mol. The number of benzene rings is 2. The number of nitro groups is 1. The molecule has 0 heterocycles. The van der Waals surface area contributed by atoms with Gasteiger partial charge in [-0.2, -0.15) is 0 Å². The van der Waals surface area contributed by atoms with Gasteiger partial charge in [-0.05, 0) is 31.2 Å². The molecule has 134 valence electrons. The molecule has 0 fully saturated rings. The van der Waals surface area contributed by atoms with E-state index < -0.39 is 14.8 Å². The summed E-state index contributed by atoms with van der Waals surface area (Å²) in [4.78, 5) is 10.5. The Balaban J connectivity index is 2.41. The fourth-order valence-electron chi connectivity index (χ4n) is 2.17. The van der Waals surface area contributed by atoms with E-state index in [2.05, 4.69) is 5.32 Å². The van der Waals surface area contributed by atoms with E-state index in [0.717, 1.165) is 12.3 Å². The molecular formula is C16H18N2O6S. The number of methoxy groups -OCH3 is 1. The lowest BCUT2D eigenvalue weighted by molar-refractivity contribution is -0.384. The average Bonchev–Trinajstić information content (AvgIpc) is 2.55. The highest BCUT2D eigenvalue weighted by Gasteiger charge is 2.19. The lowest BCUT2D eigenvalue weighted by Crippen LogP contribution is -2.02. The standard InChI is InChI=1S/C16H18N2O6S/c1-4-24-15-8-5-11(9-16(15)23-2)17-13-7-6-12(25(3,21)22)10-14(13)18(19)20/h5-10,17H,4H2,1-3H3. The minimum absolute atomic E-state index is 0.117. The van der Waals surface area contributed by atoms with Crippen LogP contribution in [0.5, 0.6) is 11.5 Å². The van der Waals surface area contributed by atoms with Gasteiger partial charge >= 0.3 is 0 Å². The van der Waals surface area contributed by atoms with Crippen LogP contribution >= 0.6 is 0 Å². The number of nitro benzene ring substituents is 1. The number of hydrogen-bond donors (Lipinski definition) is 1. The van der Waals surface area contributed by atoms with Gasteiger partial charge in [0, 0.05) is 24.1 Å². The van der Waals surface area contributed by atoms with E-state index in [0.29, 0.717) is 23.8 Å². The minimum atomic E-state index is -3.54. The number of anilines is 2. The Hall–Kier alpha value is -2.81. The zero-order valence-electron chi connectivity index (χ0n) is 14.0. The summed E-state index contributed by atoms with van der Waals surface area (Å²) < 4.78 is 33.8. The molecule has 0 aliphatic heterocycles. The van der Waals surface area contributed by atoms with Crippen LogP contribution in [0, 0.1) is 10.1 Å². The fourth-order valence-corrected chi connectivity index (χ4v) is 2.82. The van der Waals surface area contributed by atoms with Crippen molar-refractivity contribution in [3.05, 3.63) is 46.5 Å². The molecule has 0 aliphatic rings. The molecule has 0 aromatic heterocycles. The van der Waals surface area contributed by atoms with E-state index in [1.807, 2.05) is 6.92 Å². The first-order valence-electron chi connectivity index (χ1n) is 7.32. The fraction of sp³-hybridized carbons (Fsp3) is 0.250. The molecule has 0 radical (unpaired) electrons. The molecule has 0 aliphatic carbocycles. The van der Waals surface area contributed by atoms with Gasteiger partial charge in [0.1, 0.15) is 5.69 Å². The summed E-state index contributed by atoms with van der Waals surface area (Å²) in [5.74, 6) is 1.03. The molecule has 9 heteroatoms. The third-order valence-electron chi connectivity index (χ3n) is 3.34. The molecule has 0 saturated carbocycles. The van der Waals surface area contributed by atoms with Crippen molar-refractivity contribution in [3.63, 3.8) is 0 Å². The zero-order valence-corrected chi connectivity index (χ0v) is 14.8. The van der Waals surface area contributed by atoms with Gasteiger partial charge in [0.15, 0.2) is 21.3 Å². The van der Waals surface area contributed by atoms with Crippen molar-refractivity contribution in [1.29, 1.82) is 0 Å². The molecule has 25 heavy (non-hydrogen) atoms. The predicted octanol–water partition coefficient (Wildman–Crippen LogP) is 3.15. The second-order valence-electron chi connectivity index (χ2n) is 5.13. The van der Waals surface area contributed by atoms with Crippen LogP contribution in [0.2, 0.25) is 0 Å². The average molecular weight is 366 g/mol. The molecule has 2 rings (SSSR count). The van der Waals surface area contributed by atoms with Crippen LogP contribution < -0.4 is 14.8 Å². The van der Waals surface area contributed by atoms with Gasteiger partial charge < -0.3 is 14.8 Å². The molecule has 2 aromatic rings. The highest BCUT2D eigenvalue weighted by atomic mass is 32.2. The van der Waals surface area contributed by atoms with Crippen molar-refractivity contribution in [2.75, 3.05) is 25.3 Å². The summed E-state index contributed by atoms with van der Waals surface area (Å²) >= 11 is 0. The van der Waals surface area contributed by atoms with Crippen LogP contribution in [0.25, 0.3) is 0 Å². The number of sulfone groups is 1. The quantitative estimate of drug-likeness (QED) is 0.592. The number of hydrogen-bond acceptors (Lipinski definition) is 7. The van der Waals surface area contributed by atoms with Crippen molar-refractivity contribution in [2.45, 2.75) is 11.8 Å². The Morgan fingerprint density at radius 2 is 1.88 bits per heavy atom. The van der Waals surface area contributed by atoms with E-state index in [9.17, 15) is 18.5 Å². The SMILES string of the molecule is CCOc1ccc(Nc2ccc(S(C)(=O)=O)cc2[N+](=O)[O-])cc1OC. The van der Waals surface area contributed by atoms with E-state index >= 15 is 0 Å². The topological polar surface area (TPSA) is 108 Å². The van der Waals surface area contributed by atoms with E-state index in [1.54, 1.807) is 18.2 Å². The largest absolute Gasteiger partial charge is 0.493 e. The monoisotopic (exact) mass is 366 g/mol. The Bertz CT molecular complexity index is 895. The highest BCUT2D eigenvalue weighted by Crippen LogP contribution is 2.34. The van der Waals surface area contributed by atoms with Crippen LogP contribution in [0.15, 0.2) is 41.3 Å². The summed E-state index contributed by atoms with van der Waals surface area (Å²) in [7, 11) is -2.05. The highest BCUT2D eigenvalue weighted by molar-refractivity contribution is 7.90. The van der Waals surface area contributed by atoms with Crippen LogP contribution in [-0.2, 0) is 9.84 Å². The number of ether oxygens (including phenoxy) is 2. The number of nitrogens with one attached hydrogen (secondary N) is 1. The summed E-state index contributed by atoms with van der Waals surface area (Å²) in [6.45, 7) is 2.32. The van der Waals surface area contributed by atoms with Gasteiger partial charge in [0.25, 0.3) is 5.69 Å². The van der Waals surface area contributed by atoms with E-state index in [1.165, 1.54) is 19.2 Å². The van der Waals surface area contributed by atoms with Gasteiger partial charge in [0.2, 0.25) is 0 Å². The van der Waals surface area contributed by atoms with Crippen LogP contribution in [0.4, 0.5) is 17.1 Å². The van der Waals surface area contributed by atoms with Crippen molar-refractivity contribution in [3.8, 4) is 11.5 Å². The lowest BCUT2D eigenvalue weighted by Gasteiger charge is -2.13. The molecule has 0 saturated heterocycles. The third kappa shape index (κ3) is 4.38. The minimum Gasteiger partial charge on any atom is -0.493 e. The van der Waals surface area contributed by atoms with Gasteiger partial charge in [-0.3, -0.25) is 10.1 Å². The maximum atomic E-state index is 11.6. The van der Waals surface area contributed by atoms with Gasteiger partial charge in [-0.25, -0.2) is 8.42 Å². The predicted molar refractivity (Wildman–Crippen MR) is 93.7 cm³/mol. The summed E-state index contributed by atoms with van der Waals surface area (Å²) in [5, 5.41) is 14.2.